The van der Waals surface area contributed by atoms with Crippen LogP contribution in [0.5, 0.6) is 11.6 Å². The number of hydrogen-bond donors (Lipinski definition) is 2. The molecule has 2 N–H and O–H groups in total. The highest BCUT2D eigenvalue weighted by atomic mass is 16.5. The first kappa shape index (κ1) is 15.7. The SMILES string of the molecule is Cc1cc2c(nc1N1CCC(Oc3ccc(O)nc3)CC1)CNC2=O. The first-order valence-electron chi connectivity index (χ1n) is 8.45. The molecule has 2 aliphatic heterocycles. The van der Waals surface area contributed by atoms with Crippen LogP contribution in [0.25, 0.3) is 0 Å². The zero-order valence-electron chi connectivity index (χ0n) is 14.0. The number of amides is 1. The van der Waals surface area contributed by atoms with Crippen molar-refractivity contribution in [3.8, 4) is 11.6 Å². The van der Waals surface area contributed by atoms with E-state index in [-0.39, 0.29) is 17.9 Å². The first-order valence-corrected chi connectivity index (χ1v) is 8.45. The third-order valence-electron chi connectivity index (χ3n) is 4.69. The van der Waals surface area contributed by atoms with Gasteiger partial charge in [-0.25, -0.2) is 9.97 Å². The normalized spacial score (nSPS) is 17.3. The summed E-state index contributed by atoms with van der Waals surface area (Å²) >= 11 is 0. The number of aryl methyl sites for hydroxylation is 1. The van der Waals surface area contributed by atoms with Crippen molar-refractivity contribution in [2.75, 3.05) is 18.0 Å². The number of carbonyl (C=O) groups is 1. The summed E-state index contributed by atoms with van der Waals surface area (Å²) in [6.45, 7) is 4.21. The maximum atomic E-state index is 11.7. The van der Waals surface area contributed by atoms with E-state index < -0.39 is 0 Å². The molecular weight excluding hydrogens is 320 g/mol. The molecule has 0 spiro atoms. The fourth-order valence-electron chi connectivity index (χ4n) is 3.37. The Kier molecular flexibility index (Phi) is 3.91. The summed E-state index contributed by atoms with van der Waals surface area (Å²) < 4.78 is 5.94. The Balaban J connectivity index is 1.42. The van der Waals surface area contributed by atoms with E-state index in [1.165, 1.54) is 12.3 Å². The molecule has 1 amide bonds. The highest BCUT2D eigenvalue weighted by molar-refractivity contribution is 5.98. The molecule has 0 bridgehead atoms. The largest absolute Gasteiger partial charge is 0.493 e. The molecule has 0 atom stereocenters. The monoisotopic (exact) mass is 340 g/mol. The van der Waals surface area contributed by atoms with Crippen molar-refractivity contribution in [1.82, 2.24) is 15.3 Å². The molecule has 2 aromatic rings. The average Bonchev–Trinajstić information content (AvgIpc) is 2.97. The number of ether oxygens (including phenoxy) is 1. The van der Waals surface area contributed by atoms with Gasteiger partial charge in [-0.05, 0) is 24.6 Å². The standard InChI is InChI=1S/C18H20N4O3/c1-11-8-14-15(10-20-18(14)24)21-17(11)22-6-4-12(5-7-22)25-13-2-3-16(23)19-9-13/h2-3,8-9,12H,4-7,10H2,1H3,(H,19,23)(H,20,24). The van der Waals surface area contributed by atoms with Gasteiger partial charge in [-0.2, -0.15) is 0 Å². The molecule has 4 heterocycles. The maximum absolute atomic E-state index is 11.7. The van der Waals surface area contributed by atoms with Crippen LogP contribution in [0.1, 0.15) is 34.5 Å². The van der Waals surface area contributed by atoms with E-state index in [1.807, 2.05) is 13.0 Å². The number of pyridine rings is 2. The van der Waals surface area contributed by atoms with Gasteiger partial charge in [-0.3, -0.25) is 4.79 Å². The van der Waals surface area contributed by atoms with Crippen LogP contribution in [0, 0.1) is 6.92 Å². The molecule has 0 radical (unpaired) electrons. The molecule has 4 rings (SSSR count). The second-order valence-electron chi connectivity index (χ2n) is 6.46. The number of nitrogens with zero attached hydrogens (tertiary/aromatic N) is 3. The number of aromatic hydroxyl groups is 1. The number of anilines is 1. The van der Waals surface area contributed by atoms with Crippen molar-refractivity contribution >= 4 is 11.7 Å². The summed E-state index contributed by atoms with van der Waals surface area (Å²) in [7, 11) is 0. The van der Waals surface area contributed by atoms with E-state index in [9.17, 15) is 9.90 Å². The topological polar surface area (TPSA) is 87.6 Å². The van der Waals surface area contributed by atoms with E-state index >= 15 is 0 Å². The Bertz CT molecular complexity index is 799. The van der Waals surface area contributed by atoms with Crippen LogP contribution in [-0.4, -0.2) is 40.2 Å². The van der Waals surface area contributed by atoms with Gasteiger partial charge in [-0.15, -0.1) is 0 Å². The van der Waals surface area contributed by atoms with Crippen molar-refractivity contribution in [3.05, 3.63) is 41.2 Å². The lowest BCUT2D eigenvalue weighted by Gasteiger charge is -2.33. The van der Waals surface area contributed by atoms with Crippen molar-refractivity contribution in [2.24, 2.45) is 0 Å². The Labute approximate surface area is 145 Å². The maximum Gasteiger partial charge on any atom is 0.253 e. The summed E-state index contributed by atoms with van der Waals surface area (Å²) in [6, 6.07) is 5.19. The minimum Gasteiger partial charge on any atom is -0.493 e. The molecule has 2 aromatic heterocycles. The van der Waals surface area contributed by atoms with E-state index in [0.29, 0.717) is 17.9 Å². The van der Waals surface area contributed by atoms with Gasteiger partial charge in [-0.1, -0.05) is 0 Å². The molecule has 1 fully saturated rings. The van der Waals surface area contributed by atoms with Crippen LogP contribution in [0.3, 0.4) is 0 Å². The Morgan fingerprint density at radius 2 is 2.12 bits per heavy atom. The second-order valence-corrected chi connectivity index (χ2v) is 6.46. The summed E-state index contributed by atoms with van der Waals surface area (Å²) in [5, 5.41) is 12.0. The van der Waals surface area contributed by atoms with Gasteiger partial charge in [0.05, 0.1) is 24.0 Å². The van der Waals surface area contributed by atoms with Gasteiger partial charge in [0.2, 0.25) is 5.88 Å². The number of hydrogen-bond acceptors (Lipinski definition) is 6. The zero-order chi connectivity index (χ0) is 17.4. The third-order valence-corrected chi connectivity index (χ3v) is 4.69. The minimum atomic E-state index is -0.0354. The lowest BCUT2D eigenvalue weighted by Crippen LogP contribution is -2.39. The summed E-state index contributed by atoms with van der Waals surface area (Å²) in [6.07, 6.45) is 3.44. The molecule has 2 aliphatic rings. The molecule has 7 nitrogen and oxygen atoms in total. The second kappa shape index (κ2) is 6.23. The fourth-order valence-corrected chi connectivity index (χ4v) is 3.37. The van der Waals surface area contributed by atoms with Crippen molar-refractivity contribution in [2.45, 2.75) is 32.4 Å². The number of piperidine rings is 1. The van der Waals surface area contributed by atoms with Crippen LogP contribution < -0.4 is 15.0 Å². The quantitative estimate of drug-likeness (QED) is 0.886. The van der Waals surface area contributed by atoms with Crippen LogP contribution in [0.15, 0.2) is 24.4 Å². The van der Waals surface area contributed by atoms with Crippen LogP contribution in [0.2, 0.25) is 0 Å². The van der Waals surface area contributed by atoms with Gasteiger partial charge in [0.25, 0.3) is 5.91 Å². The Hall–Kier alpha value is -2.83. The van der Waals surface area contributed by atoms with E-state index in [2.05, 4.69) is 15.2 Å². The number of rotatable bonds is 3. The number of aromatic nitrogens is 2. The van der Waals surface area contributed by atoms with Crippen LogP contribution >= 0.6 is 0 Å². The van der Waals surface area contributed by atoms with Gasteiger partial charge in [0.15, 0.2) is 0 Å². The van der Waals surface area contributed by atoms with Gasteiger partial charge < -0.3 is 20.1 Å². The average molecular weight is 340 g/mol. The molecule has 0 aromatic carbocycles. The molecule has 25 heavy (non-hydrogen) atoms. The first-order chi connectivity index (χ1) is 12.1. The van der Waals surface area contributed by atoms with E-state index in [1.54, 1.807) is 6.07 Å². The van der Waals surface area contributed by atoms with Gasteiger partial charge >= 0.3 is 0 Å². The van der Waals surface area contributed by atoms with Crippen molar-refractivity contribution in [3.63, 3.8) is 0 Å². The molecular formula is C18H20N4O3. The molecule has 0 aliphatic carbocycles. The predicted octanol–water partition coefficient (Wildman–Crippen LogP) is 1.78. The van der Waals surface area contributed by atoms with E-state index in [0.717, 1.165) is 43.0 Å². The zero-order valence-corrected chi connectivity index (χ0v) is 14.0. The van der Waals surface area contributed by atoms with Gasteiger partial charge in [0.1, 0.15) is 17.7 Å². The lowest BCUT2D eigenvalue weighted by molar-refractivity contribution is 0.0965. The number of nitrogens with one attached hydrogen (secondary N) is 1. The molecule has 130 valence electrons. The Morgan fingerprint density at radius 3 is 2.84 bits per heavy atom. The fraction of sp³-hybridized carbons (Fsp3) is 0.389. The predicted molar refractivity (Wildman–Crippen MR) is 91.9 cm³/mol. The third kappa shape index (κ3) is 3.09. The number of carbonyl (C=O) groups excluding carboxylic acids is 1. The molecule has 0 saturated carbocycles. The van der Waals surface area contributed by atoms with Crippen molar-refractivity contribution in [1.29, 1.82) is 0 Å². The smallest absolute Gasteiger partial charge is 0.253 e. The Morgan fingerprint density at radius 1 is 1.32 bits per heavy atom. The van der Waals surface area contributed by atoms with Crippen LogP contribution in [0.4, 0.5) is 5.82 Å². The van der Waals surface area contributed by atoms with Crippen molar-refractivity contribution < 1.29 is 14.6 Å². The van der Waals surface area contributed by atoms with Gasteiger partial charge in [0, 0.05) is 32.0 Å². The van der Waals surface area contributed by atoms with E-state index in [4.69, 9.17) is 9.72 Å². The minimum absolute atomic E-state index is 0.00620. The molecule has 0 unspecified atom stereocenters. The summed E-state index contributed by atoms with van der Waals surface area (Å²) in [5.74, 6) is 1.59. The lowest BCUT2D eigenvalue weighted by atomic mass is 10.1. The summed E-state index contributed by atoms with van der Waals surface area (Å²) in [5.41, 5.74) is 2.55. The highest BCUT2D eigenvalue weighted by Gasteiger charge is 2.26. The highest BCUT2D eigenvalue weighted by Crippen LogP contribution is 2.27. The summed E-state index contributed by atoms with van der Waals surface area (Å²) in [4.78, 5) is 22.5. The molecule has 7 heteroatoms. The molecule has 1 saturated heterocycles. The number of fused-ring (bicyclic) bond motifs is 1. The van der Waals surface area contributed by atoms with Crippen LogP contribution in [-0.2, 0) is 6.54 Å².